The molecule has 4 nitrogen and oxygen atoms in total. The van der Waals surface area contributed by atoms with Crippen LogP contribution in [0.4, 0.5) is 5.82 Å². The zero-order valence-corrected chi connectivity index (χ0v) is 14.0. The predicted octanol–water partition coefficient (Wildman–Crippen LogP) is 4.05. The molecule has 3 aromatic rings. The van der Waals surface area contributed by atoms with E-state index in [2.05, 4.69) is 36.4 Å². The third-order valence-corrected chi connectivity index (χ3v) is 4.10. The molecule has 24 heavy (non-hydrogen) atoms. The van der Waals surface area contributed by atoms with Crippen LogP contribution in [-0.4, -0.2) is 15.7 Å². The van der Waals surface area contributed by atoms with Crippen LogP contribution in [0.1, 0.15) is 34.0 Å². The van der Waals surface area contributed by atoms with Crippen LogP contribution in [0.5, 0.6) is 0 Å². The minimum absolute atomic E-state index is 0.140. The molecule has 1 heterocycles. The van der Waals surface area contributed by atoms with Gasteiger partial charge in [0.2, 0.25) is 0 Å². The molecular formula is C20H21N3O. The van der Waals surface area contributed by atoms with Gasteiger partial charge >= 0.3 is 0 Å². The molecule has 1 N–H and O–H groups in total. The molecule has 0 spiro atoms. The van der Waals surface area contributed by atoms with Gasteiger partial charge < -0.3 is 5.32 Å². The zero-order valence-electron chi connectivity index (χ0n) is 14.0. The number of hydrogen-bond acceptors (Lipinski definition) is 2. The highest BCUT2D eigenvalue weighted by molar-refractivity contribution is 6.03. The Morgan fingerprint density at radius 2 is 1.83 bits per heavy atom. The summed E-state index contributed by atoms with van der Waals surface area (Å²) in [4.78, 5) is 12.3. The summed E-state index contributed by atoms with van der Waals surface area (Å²) in [6.45, 7) is 4.87. The molecular weight excluding hydrogens is 298 g/mol. The van der Waals surface area contributed by atoms with Gasteiger partial charge in [-0.2, -0.15) is 5.10 Å². The number of hydrogen-bond donors (Lipinski definition) is 1. The van der Waals surface area contributed by atoms with E-state index in [4.69, 9.17) is 0 Å². The Morgan fingerprint density at radius 1 is 1.08 bits per heavy atom. The van der Waals surface area contributed by atoms with Gasteiger partial charge in [-0.15, -0.1) is 0 Å². The van der Waals surface area contributed by atoms with Gasteiger partial charge in [0.25, 0.3) is 5.91 Å². The highest BCUT2D eigenvalue weighted by Crippen LogP contribution is 2.12. The third-order valence-electron chi connectivity index (χ3n) is 4.10. The Kier molecular flexibility index (Phi) is 4.75. The lowest BCUT2D eigenvalue weighted by Gasteiger charge is -2.06. The van der Waals surface area contributed by atoms with Gasteiger partial charge in [0, 0.05) is 17.8 Å². The molecule has 0 fully saturated rings. The third kappa shape index (κ3) is 3.71. The summed E-state index contributed by atoms with van der Waals surface area (Å²) < 4.78 is 1.83. The van der Waals surface area contributed by atoms with E-state index in [0.29, 0.717) is 17.9 Å². The maximum Gasteiger partial charge on any atom is 0.256 e. The van der Waals surface area contributed by atoms with Crippen molar-refractivity contribution in [3.63, 3.8) is 0 Å². The summed E-state index contributed by atoms with van der Waals surface area (Å²) >= 11 is 0. The summed E-state index contributed by atoms with van der Waals surface area (Å²) in [5, 5.41) is 7.28. The van der Waals surface area contributed by atoms with E-state index in [-0.39, 0.29) is 5.91 Å². The fraction of sp³-hybridized carbons (Fsp3) is 0.200. The number of carbonyl (C=O) groups is 1. The maximum atomic E-state index is 12.3. The van der Waals surface area contributed by atoms with Crippen molar-refractivity contribution in [2.24, 2.45) is 0 Å². The van der Waals surface area contributed by atoms with Crippen LogP contribution in [0, 0.1) is 6.92 Å². The van der Waals surface area contributed by atoms with E-state index < -0.39 is 0 Å². The average molecular weight is 319 g/mol. The molecule has 0 atom stereocenters. The van der Waals surface area contributed by atoms with Crippen molar-refractivity contribution in [2.75, 3.05) is 5.32 Å². The zero-order chi connectivity index (χ0) is 16.9. The van der Waals surface area contributed by atoms with E-state index >= 15 is 0 Å². The van der Waals surface area contributed by atoms with Gasteiger partial charge in [-0.05, 0) is 42.2 Å². The van der Waals surface area contributed by atoms with Crippen LogP contribution >= 0.6 is 0 Å². The number of anilines is 1. The van der Waals surface area contributed by atoms with E-state index in [9.17, 15) is 4.79 Å². The van der Waals surface area contributed by atoms with Gasteiger partial charge in [-0.3, -0.25) is 9.48 Å². The van der Waals surface area contributed by atoms with Gasteiger partial charge in [0.15, 0.2) is 5.82 Å². The van der Waals surface area contributed by atoms with Crippen molar-refractivity contribution >= 4 is 11.7 Å². The Balaban J connectivity index is 1.67. The van der Waals surface area contributed by atoms with Crippen molar-refractivity contribution in [1.82, 2.24) is 9.78 Å². The number of rotatable bonds is 5. The van der Waals surface area contributed by atoms with Crippen LogP contribution in [0.3, 0.4) is 0 Å². The van der Waals surface area contributed by atoms with Crippen LogP contribution in [-0.2, 0) is 13.0 Å². The Bertz CT molecular complexity index is 834. The second-order valence-corrected chi connectivity index (χ2v) is 5.83. The van der Waals surface area contributed by atoms with Gasteiger partial charge in [0.1, 0.15) is 0 Å². The highest BCUT2D eigenvalue weighted by Gasteiger charge is 2.08. The number of aromatic nitrogens is 2. The monoisotopic (exact) mass is 319 g/mol. The maximum absolute atomic E-state index is 12.3. The van der Waals surface area contributed by atoms with Crippen molar-refractivity contribution in [1.29, 1.82) is 0 Å². The van der Waals surface area contributed by atoms with Crippen LogP contribution in [0.25, 0.3) is 0 Å². The topological polar surface area (TPSA) is 46.9 Å². The fourth-order valence-electron chi connectivity index (χ4n) is 2.56. The van der Waals surface area contributed by atoms with Crippen LogP contribution in [0.2, 0.25) is 0 Å². The molecule has 122 valence electrons. The minimum Gasteiger partial charge on any atom is -0.305 e. The lowest BCUT2D eigenvalue weighted by atomic mass is 10.1. The normalized spacial score (nSPS) is 10.6. The van der Waals surface area contributed by atoms with Crippen LogP contribution in [0.15, 0.2) is 60.8 Å². The van der Waals surface area contributed by atoms with Crippen molar-refractivity contribution < 1.29 is 4.79 Å². The lowest BCUT2D eigenvalue weighted by molar-refractivity contribution is 0.102. The molecule has 0 aliphatic carbocycles. The summed E-state index contributed by atoms with van der Waals surface area (Å²) in [7, 11) is 0. The van der Waals surface area contributed by atoms with Gasteiger partial charge in [-0.25, -0.2) is 0 Å². The largest absolute Gasteiger partial charge is 0.305 e. The van der Waals surface area contributed by atoms with Gasteiger partial charge in [-0.1, -0.05) is 43.3 Å². The molecule has 0 unspecified atom stereocenters. The molecule has 0 aliphatic heterocycles. The molecule has 0 saturated carbocycles. The molecule has 4 heteroatoms. The molecule has 3 rings (SSSR count). The number of amides is 1. The summed E-state index contributed by atoms with van der Waals surface area (Å²) in [6.07, 6.45) is 2.84. The van der Waals surface area contributed by atoms with Crippen molar-refractivity contribution in [3.05, 3.63) is 83.0 Å². The van der Waals surface area contributed by atoms with E-state index in [0.717, 1.165) is 6.42 Å². The van der Waals surface area contributed by atoms with Crippen molar-refractivity contribution in [2.45, 2.75) is 26.8 Å². The number of carbonyl (C=O) groups excluding carboxylic acids is 1. The second-order valence-electron chi connectivity index (χ2n) is 5.83. The van der Waals surface area contributed by atoms with Crippen molar-refractivity contribution in [3.8, 4) is 0 Å². The fourth-order valence-corrected chi connectivity index (χ4v) is 2.56. The number of aryl methyl sites for hydroxylation is 2. The second kappa shape index (κ2) is 7.13. The van der Waals surface area contributed by atoms with Crippen LogP contribution < -0.4 is 5.32 Å². The van der Waals surface area contributed by atoms with E-state index in [1.807, 2.05) is 53.3 Å². The molecule has 0 saturated heterocycles. The minimum atomic E-state index is -0.140. The van der Waals surface area contributed by atoms with Gasteiger partial charge in [0.05, 0.1) is 6.54 Å². The molecule has 0 aliphatic rings. The molecule has 0 bridgehead atoms. The SMILES string of the molecule is CCc1ccc(C(=O)Nc2ccn(Cc3ccccc3C)n2)cc1. The predicted molar refractivity (Wildman–Crippen MR) is 96.3 cm³/mol. The average Bonchev–Trinajstić information content (AvgIpc) is 3.04. The standard InChI is InChI=1S/C20H21N3O/c1-3-16-8-10-17(11-9-16)20(24)21-19-12-13-23(22-19)14-18-7-5-4-6-15(18)2/h4-13H,3,14H2,1-2H3,(H,21,22,24). The quantitative estimate of drug-likeness (QED) is 0.771. The number of nitrogens with zero attached hydrogens (tertiary/aromatic N) is 2. The smallest absolute Gasteiger partial charge is 0.256 e. The first-order valence-electron chi connectivity index (χ1n) is 8.14. The number of nitrogens with one attached hydrogen (secondary N) is 1. The summed E-state index contributed by atoms with van der Waals surface area (Å²) in [6, 6.07) is 17.7. The molecule has 0 radical (unpaired) electrons. The summed E-state index contributed by atoms with van der Waals surface area (Å²) in [5.41, 5.74) is 4.30. The first-order chi connectivity index (χ1) is 11.7. The molecule has 2 aromatic carbocycles. The lowest BCUT2D eigenvalue weighted by Crippen LogP contribution is -2.13. The first-order valence-corrected chi connectivity index (χ1v) is 8.14. The Labute approximate surface area is 142 Å². The Morgan fingerprint density at radius 3 is 2.54 bits per heavy atom. The summed E-state index contributed by atoms with van der Waals surface area (Å²) in [5.74, 6) is 0.423. The Hall–Kier alpha value is -2.88. The first kappa shape index (κ1) is 16.0. The molecule has 1 aromatic heterocycles. The van der Waals surface area contributed by atoms with E-state index in [1.54, 1.807) is 0 Å². The van der Waals surface area contributed by atoms with E-state index in [1.165, 1.54) is 16.7 Å². The molecule has 1 amide bonds. The highest BCUT2D eigenvalue weighted by atomic mass is 16.1. The number of benzene rings is 2.